The first-order valence-electron chi connectivity index (χ1n) is 13.8. The molecule has 2 saturated carbocycles. The SMILES string of the molecule is [NH3+]C1(c2ccc(-c3nc4ccnc(-c5ccc(C6([NH3+])CCC6)cc5)c4cc3-c3ccccc3)cc2)CCC1. The van der Waals surface area contributed by atoms with Gasteiger partial charge in [-0.3, -0.25) is 4.98 Å². The Labute approximate surface area is 223 Å². The smallest absolute Gasteiger partial charge is 0.120 e. The minimum absolute atomic E-state index is 0.0832. The lowest BCUT2D eigenvalue weighted by Crippen LogP contribution is -2.73. The first-order valence-corrected chi connectivity index (χ1v) is 13.8. The lowest BCUT2D eigenvalue weighted by molar-refractivity contribution is -0.510. The van der Waals surface area contributed by atoms with Gasteiger partial charge in [-0.1, -0.05) is 78.9 Å². The highest BCUT2D eigenvalue weighted by Gasteiger charge is 2.39. The zero-order valence-electron chi connectivity index (χ0n) is 21.8. The molecule has 2 aromatic heterocycles. The van der Waals surface area contributed by atoms with Gasteiger partial charge in [0.05, 0.1) is 16.9 Å². The molecular formula is C34H34N4+2. The molecule has 0 atom stereocenters. The summed E-state index contributed by atoms with van der Waals surface area (Å²) in [5.41, 5.74) is 19.2. The van der Waals surface area contributed by atoms with Gasteiger partial charge in [-0.15, -0.1) is 0 Å². The van der Waals surface area contributed by atoms with Crippen LogP contribution in [0.1, 0.15) is 49.7 Å². The summed E-state index contributed by atoms with van der Waals surface area (Å²) in [5.74, 6) is 0. The van der Waals surface area contributed by atoms with E-state index in [0.717, 1.165) is 44.5 Å². The van der Waals surface area contributed by atoms with E-state index in [1.165, 1.54) is 49.7 Å². The normalized spacial score (nSPS) is 17.5. The number of benzene rings is 3. The molecule has 2 heterocycles. The molecule has 7 rings (SSSR count). The molecule has 2 aliphatic rings. The highest BCUT2D eigenvalue weighted by molar-refractivity contribution is 5.98. The Bertz CT molecular complexity index is 1610. The average molecular weight is 499 g/mol. The van der Waals surface area contributed by atoms with Crippen molar-refractivity contribution in [2.24, 2.45) is 0 Å². The second-order valence-corrected chi connectivity index (χ2v) is 11.4. The van der Waals surface area contributed by atoms with Gasteiger partial charge in [0, 0.05) is 65.1 Å². The topological polar surface area (TPSA) is 81.1 Å². The molecule has 4 heteroatoms. The van der Waals surface area contributed by atoms with Crippen LogP contribution in [0.5, 0.6) is 0 Å². The van der Waals surface area contributed by atoms with Crippen molar-refractivity contribution in [1.82, 2.24) is 9.97 Å². The van der Waals surface area contributed by atoms with E-state index in [1.54, 1.807) is 0 Å². The van der Waals surface area contributed by atoms with E-state index in [0.29, 0.717) is 0 Å². The summed E-state index contributed by atoms with van der Waals surface area (Å²) in [6.07, 6.45) is 9.10. The third-order valence-electron chi connectivity index (χ3n) is 8.99. The number of fused-ring (bicyclic) bond motifs is 1. The third kappa shape index (κ3) is 3.84. The fraction of sp³-hybridized carbons (Fsp3) is 0.235. The van der Waals surface area contributed by atoms with Gasteiger partial charge < -0.3 is 11.5 Å². The van der Waals surface area contributed by atoms with Gasteiger partial charge >= 0.3 is 0 Å². The largest absolute Gasteiger partial charge is 0.349 e. The van der Waals surface area contributed by atoms with Crippen LogP contribution in [-0.4, -0.2) is 9.97 Å². The number of pyridine rings is 2. The minimum atomic E-state index is 0.0832. The zero-order chi connectivity index (χ0) is 25.7. The summed E-state index contributed by atoms with van der Waals surface area (Å²) < 4.78 is 0. The third-order valence-corrected chi connectivity index (χ3v) is 8.99. The Kier molecular flexibility index (Phi) is 5.43. The summed E-state index contributed by atoms with van der Waals surface area (Å²) >= 11 is 0. The van der Waals surface area contributed by atoms with Crippen LogP contribution in [-0.2, 0) is 11.1 Å². The minimum Gasteiger partial charge on any atom is -0.349 e. The number of aromatic nitrogens is 2. The van der Waals surface area contributed by atoms with Crippen LogP contribution in [0.3, 0.4) is 0 Å². The Balaban J connectivity index is 1.36. The molecule has 6 N–H and O–H groups in total. The second-order valence-electron chi connectivity index (χ2n) is 11.4. The summed E-state index contributed by atoms with van der Waals surface area (Å²) in [5, 5.41) is 1.07. The average Bonchev–Trinajstić information content (AvgIpc) is 2.94. The summed E-state index contributed by atoms with van der Waals surface area (Å²) in [7, 11) is 0. The molecule has 3 aromatic carbocycles. The molecule has 0 radical (unpaired) electrons. The van der Waals surface area contributed by atoms with Crippen molar-refractivity contribution in [3.63, 3.8) is 0 Å². The van der Waals surface area contributed by atoms with Gasteiger partial charge in [0.2, 0.25) is 0 Å². The molecule has 0 bridgehead atoms. The maximum absolute atomic E-state index is 5.25. The van der Waals surface area contributed by atoms with E-state index in [-0.39, 0.29) is 11.1 Å². The van der Waals surface area contributed by atoms with Crippen LogP contribution < -0.4 is 11.5 Å². The van der Waals surface area contributed by atoms with Crippen molar-refractivity contribution in [3.05, 3.63) is 108 Å². The molecule has 2 fully saturated rings. The van der Waals surface area contributed by atoms with E-state index >= 15 is 0 Å². The molecule has 0 amide bonds. The zero-order valence-corrected chi connectivity index (χ0v) is 21.8. The predicted octanol–water partition coefficient (Wildman–Crippen LogP) is 5.87. The summed E-state index contributed by atoms with van der Waals surface area (Å²) in [6.45, 7) is 0. The summed E-state index contributed by atoms with van der Waals surface area (Å²) in [6, 6.07) is 32.7. The molecule has 0 aliphatic heterocycles. The van der Waals surface area contributed by atoms with Crippen LogP contribution in [0, 0.1) is 0 Å². The maximum Gasteiger partial charge on any atom is 0.120 e. The van der Waals surface area contributed by atoms with Crippen LogP contribution in [0.25, 0.3) is 44.5 Å². The second kappa shape index (κ2) is 8.87. The fourth-order valence-corrected chi connectivity index (χ4v) is 6.13. The van der Waals surface area contributed by atoms with Gasteiger partial charge in [0.1, 0.15) is 11.1 Å². The molecule has 2 aliphatic carbocycles. The molecule has 0 unspecified atom stereocenters. The van der Waals surface area contributed by atoms with Crippen molar-refractivity contribution >= 4 is 10.9 Å². The van der Waals surface area contributed by atoms with Crippen LogP contribution in [0.2, 0.25) is 0 Å². The van der Waals surface area contributed by atoms with E-state index in [4.69, 9.17) is 9.97 Å². The highest BCUT2D eigenvalue weighted by atomic mass is 14.8. The highest BCUT2D eigenvalue weighted by Crippen LogP contribution is 2.41. The quantitative estimate of drug-likeness (QED) is 0.318. The number of nitrogens with zero attached hydrogens (tertiary/aromatic N) is 2. The van der Waals surface area contributed by atoms with Crippen molar-refractivity contribution in [2.45, 2.75) is 49.6 Å². The van der Waals surface area contributed by atoms with Crippen molar-refractivity contribution < 1.29 is 11.5 Å². The van der Waals surface area contributed by atoms with E-state index in [2.05, 4.69) is 96.4 Å². The number of rotatable bonds is 5. The van der Waals surface area contributed by atoms with Gasteiger partial charge in [-0.2, -0.15) is 0 Å². The molecule has 0 saturated heterocycles. The predicted molar refractivity (Wildman–Crippen MR) is 153 cm³/mol. The standard InChI is InChI=1S/C34H32N4/c35-33(17-4-18-33)26-12-8-24(9-13-26)31-29-22-28(23-6-2-1-3-7-23)32(38-30(29)16-21-37-31)25-10-14-27(15-11-25)34(36)19-5-20-34/h1-3,6-16,21-22H,4-5,17-20,35-36H2/p+2. The van der Waals surface area contributed by atoms with Crippen LogP contribution >= 0.6 is 0 Å². The van der Waals surface area contributed by atoms with Crippen molar-refractivity contribution in [1.29, 1.82) is 0 Å². The van der Waals surface area contributed by atoms with E-state index < -0.39 is 0 Å². The molecule has 188 valence electrons. The van der Waals surface area contributed by atoms with Gasteiger partial charge in [0.15, 0.2) is 0 Å². The van der Waals surface area contributed by atoms with Crippen molar-refractivity contribution in [2.75, 3.05) is 0 Å². The number of hydrogen-bond donors (Lipinski definition) is 2. The first kappa shape index (κ1) is 23.3. The summed E-state index contributed by atoms with van der Waals surface area (Å²) in [4.78, 5) is 10.1. The lowest BCUT2D eigenvalue weighted by atomic mass is 9.72. The first-order chi connectivity index (χ1) is 18.5. The molecule has 38 heavy (non-hydrogen) atoms. The lowest BCUT2D eigenvalue weighted by Gasteiger charge is -2.34. The molecule has 0 spiro atoms. The number of hydrogen-bond acceptors (Lipinski definition) is 2. The Morgan fingerprint density at radius 2 is 1.13 bits per heavy atom. The van der Waals surface area contributed by atoms with Crippen molar-refractivity contribution in [3.8, 4) is 33.6 Å². The molecule has 5 aromatic rings. The molecular weight excluding hydrogens is 464 g/mol. The van der Waals surface area contributed by atoms with Crippen LogP contribution in [0.15, 0.2) is 97.2 Å². The Hall–Kier alpha value is -3.86. The Morgan fingerprint density at radius 3 is 1.66 bits per heavy atom. The molecule has 4 nitrogen and oxygen atoms in total. The fourth-order valence-electron chi connectivity index (χ4n) is 6.13. The van der Waals surface area contributed by atoms with Gasteiger partial charge in [-0.05, 0) is 30.5 Å². The van der Waals surface area contributed by atoms with Gasteiger partial charge in [0.25, 0.3) is 0 Å². The van der Waals surface area contributed by atoms with Crippen LogP contribution in [0.4, 0.5) is 0 Å². The van der Waals surface area contributed by atoms with E-state index in [9.17, 15) is 0 Å². The maximum atomic E-state index is 5.25. The Morgan fingerprint density at radius 1 is 0.579 bits per heavy atom. The van der Waals surface area contributed by atoms with Gasteiger partial charge in [-0.25, -0.2) is 4.98 Å². The number of quaternary nitrogens is 2. The van der Waals surface area contributed by atoms with E-state index in [1.807, 2.05) is 12.3 Å². The monoisotopic (exact) mass is 498 g/mol.